The highest BCUT2D eigenvalue weighted by atomic mass is 35.5. The van der Waals surface area contributed by atoms with Gasteiger partial charge in [0.1, 0.15) is 17.7 Å². The van der Waals surface area contributed by atoms with Gasteiger partial charge in [0.05, 0.1) is 31.5 Å². The number of aromatic amines is 1. The van der Waals surface area contributed by atoms with Gasteiger partial charge in [-0.05, 0) is 42.5 Å². The molecule has 1 heterocycles. The monoisotopic (exact) mass is 567 g/mol. The Bertz CT molecular complexity index is 1580. The molecule has 0 aliphatic rings. The maximum Gasteiger partial charge on any atom is 0.349 e. The molecule has 0 aliphatic heterocycles. The van der Waals surface area contributed by atoms with Crippen LogP contribution < -0.4 is 26.6 Å². The molecule has 0 aliphatic carbocycles. The van der Waals surface area contributed by atoms with Crippen LogP contribution in [0.15, 0.2) is 64.3 Å². The van der Waals surface area contributed by atoms with Gasteiger partial charge in [0.2, 0.25) is 0 Å². The van der Waals surface area contributed by atoms with Crippen molar-refractivity contribution in [3.05, 3.63) is 95.7 Å². The molecule has 4 aromatic rings. The van der Waals surface area contributed by atoms with E-state index in [1.165, 1.54) is 42.5 Å². The summed E-state index contributed by atoms with van der Waals surface area (Å²) in [5.74, 6) is -0.0207. The zero-order chi connectivity index (χ0) is 26.0. The van der Waals surface area contributed by atoms with E-state index in [1.54, 1.807) is 6.07 Å². The summed E-state index contributed by atoms with van der Waals surface area (Å²) in [6.07, 6.45) is 0.927. The number of hydrogen-bond acceptors (Lipinski definition) is 6. The number of amides is 2. The van der Waals surface area contributed by atoms with Crippen LogP contribution in [0.3, 0.4) is 0 Å². The third-order valence-electron chi connectivity index (χ3n) is 4.55. The molecule has 0 saturated carbocycles. The predicted molar refractivity (Wildman–Crippen MR) is 138 cm³/mol. The van der Waals surface area contributed by atoms with Crippen LogP contribution in [0.2, 0.25) is 20.1 Å². The number of anilines is 2. The number of benzene rings is 3. The van der Waals surface area contributed by atoms with Crippen molar-refractivity contribution in [3.63, 3.8) is 0 Å². The summed E-state index contributed by atoms with van der Waals surface area (Å²) in [4.78, 5) is 37.7. The van der Waals surface area contributed by atoms with Gasteiger partial charge in [-0.1, -0.05) is 46.4 Å². The lowest BCUT2D eigenvalue weighted by atomic mass is 10.2. The summed E-state index contributed by atoms with van der Waals surface area (Å²) in [5, 5.41) is 19.6. The minimum atomic E-state index is -0.781. The van der Waals surface area contributed by atoms with Gasteiger partial charge in [0.25, 0.3) is 5.56 Å². The number of aromatic nitrogens is 3. The Kier molecular flexibility index (Phi) is 7.41. The van der Waals surface area contributed by atoms with Crippen molar-refractivity contribution in [2.45, 2.75) is 0 Å². The van der Waals surface area contributed by atoms with Crippen molar-refractivity contribution in [2.75, 3.05) is 10.6 Å². The minimum absolute atomic E-state index is 0.0253. The Morgan fingerprint density at radius 3 is 2.31 bits per heavy atom. The number of H-pyrrole nitrogens is 1. The summed E-state index contributed by atoms with van der Waals surface area (Å²) in [6, 6.07) is 10.7. The molecule has 0 radical (unpaired) electrons. The van der Waals surface area contributed by atoms with Crippen molar-refractivity contribution in [1.82, 2.24) is 14.8 Å². The number of phenolic OH excluding ortho intramolecular Hbond substituents is 1. The van der Waals surface area contributed by atoms with Gasteiger partial charge in [0.15, 0.2) is 5.75 Å². The van der Waals surface area contributed by atoms with E-state index in [0.29, 0.717) is 10.7 Å². The number of ether oxygens (including phenoxy) is 1. The minimum Gasteiger partial charge on any atom is -0.506 e. The fourth-order valence-electron chi connectivity index (χ4n) is 2.96. The number of hydrogen-bond donors (Lipinski definition) is 4. The van der Waals surface area contributed by atoms with Gasteiger partial charge in [-0.15, -0.1) is 0 Å². The highest BCUT2D eigenvalue weighted by molar-refractivity contribution is 6.42. The number of phenols is 1. The molecule has 1 aromatic heterocycles. The van der Waals surface area contributed by atoms with Crippen LogP contribution >= 0.6 is 46.4 Å². The summed E-state index contributed by atoms with van der Waals surface area (Å²) in [7, 11) is 0. The first-order valence-electron chi connectivity index (χ1n) is 9.83. The van der Waals surface area contributed by atoms with Crippen LogP contribution in [-0.2, 0) is 0 Å². The number of nitrogens with zero attached hydrogens (tertiary/aromatic N) is 2. The molecule has 4 rings (SSSR count). The van der Waals surface area contributed by atoms with Crippen LogP contribution in [-0.4, -0.2) is 25.9 Å². The zero-order valence-electron chi connectivity index (χ0n) is 17.7. The second-order valence-corrected chi connectivity index (χ2v) is 8.71. The summed E-state index contributed by atoms with van der Waals surface area (Å²) in [5.41, 5.74) is -0.848. The summed E-state index contributed by atoms with van der Waals surface area (Å²) >= 11 is 24.4. The Labute approximate surface area is 222 Å². The SMILES string of the molecule is O=C(Nc1ccc(Cl)c(Cl)c1)Nc1cc(Oc2c(Cl)cc(-n3ncc(=O)[nH]c3=O)cc2Cl)ccc1O. The number of urea groups is 1. The van der Waals surface area contributed by atoms with E-state index in [1.807, 2.05) is 0 Å². The first kappa shape index (κ1) is 25.4. The molecule has 0 bridgehead atoms. The maximum absolute atomic E-state index is 12.4. The van der Waals surface area contributed by atoms with Crippen molar-refractivity contribution in [2.24, 2.45) is 0 Å². The van der Waals surface area contributed by atoms with Crippen LogP contribution in [0.1, 0.15) is 0 Å². The molecule has 184 valence electrons. The van der Waals surface area contributed by atoms with Gasteiger partial charge in [-0.25, -0.2) is 9.59 Å². The van der Waals surface area contributed by atoms with Crippen molar-refractivity contribution in [1.29, 1.82) is 0 Å². The summed E-state index contributed by atoms with van der Waals surface area (Å²) < 4.78 is 6.66. The number of rotatable bonds is 5. The molecule has 14 heteroatoms. The lowest BCUT2D eigenvalue weighted by Gasteiger charge is -2.14. The van der Waals surface area contributed by atoms with Gasteiger partial charge in [0, 0.05) is 11.8 Å². The molecule has 36 heavy (non-hydrogen) atoms. The van der Waals surface area contributed by atoms with Crippen molar-refractivity contribution >= 4 is 63.8 Å². The lowest BCUT2D eigenvalue weighted by molar-refractivity contribution is 0.262. The Balaban J connectivity index is 1.54. The Morgan fingerprint density at radius 1 is 0.917 bits per heavy atom. The highest BCUT2D eigenvalue weighted by Crippen LogP contribution is 2.39. The first-order chi connectivity index (χ1) is 17.1. The van der Waals surface area contributed by atoms with E-state index >= 15 is 0 Å². The molecular formula is C22H13Cl4N5O5. The smallest absolute Gasteiger partial charge is 0.349 e. The fourth-order valence-corrected chi connectivity index (χ4v) is 3.81. The van der Waals surface area contributed by atoms with Gasteiger partial charge >= 0.3 is 11.7 Å². The first-order valence-corrected chi connectivity index (χ1v) is 11.3. The number of halogens is 4. The Hall–Kier alpha value is -3.70. The number of carbonyl (C=O) groups excluding carboxylic acids is 1. The normalized spacial score (nSPS) is 10.7. The number of carbonyl (C=O) groups is 1. The molecule has 3 aromatic carbocycles. The van der Waals surface area contributed by atoms with E-state index in [0.717, 1.165) is 10.9 Å². The molecule has 0 saturated heterocycles. The second-order valence-electron chi connectivity index (χ2n) is 7.08. The largest absolute Gasteiger partial charge is 0.506 e. The van der Waals surface area contributed by atoms with Crippen LogP contribution in [0.5, 0.6) is 17.2 Å². The summed E-state index contributed by atoms with van der Waals surface area (Å²) in [6.45, 7) is 0. The van der Waals surface area contributed by atoms with Crippen molar-refractivity contribution in [3.8, 4) is 22.9 Å². The second kappa shape index (κ2) is 10.5. The van der Waals surface area contributed by atoms with E-state index < -0.39 is 17.3 Å². The number of nitrogens with one attached hydrogen (secondary N) is 3. The molecule has 0 spiro atoms. The molecule has 2 amide bonds. The lowest BCUT2D eigenvalue weighted by Crippen LogP contribution is -2.30. The fraction of sp³-hybridized carbons (Fsp3) is 0. The molecule has 10 nitrogen and oxygen atoms in total. The number of aromatic hydroxyl groups is 1. The third kappa shape index (κ3) is 5.74. The zero-order valence-corrected chi connectivity index (χ0v) is 20.7. The Morgan fingerprint density at radius 2 is 1.64 bits per heavy atom. The van der Waals surface area contributed by atoms with E-state index in [2.05, 4.69) is 20.7 Å². The van der Waals surface area contributed by atoms with E-state index in [4.69, 9.17) is 51.1 Å². The van der Waals surface area contributed by atoms with Crippen molar-refractivity contribution < 1.29 is 14.6 Å². The van der Waals surface area contributed by atoms with Crippen LogP contribution in [0.4, 0.5) is 16.2 Å². The maximum atomic E-state index is 12.4. The van der Waals surface area contributed by atoms with Gasteiger partial charge in [-0.2, -0.15) is 9.78 Å². The molecule has 0 unspecified atom stereocenters. The van der Waals surface area contributed by atoms with E-state index in [-0.39, 0.29) is 43.7 Å². The van der Waals surface area contributed by atoms with Gasteiger partial charge < -0.3 is 20.5 Å². The van der Waals surface area contributed by atoms with Gasteiger partial charge in [-0.3, -0.25) is 9.78 Å². The average Bonchev–Trinajstić information content (AvgIpc) is 2.80. The molecule has 0 fully saturated rings. The molecule has 4 N–H and O–H groups in total. The molecular weight excluding hydrogens is 556 g/mol. The topological polar surface area (TPSA) is 138 Å². The van der Waals surface area contributed by atoms with Crippen LogP contribution in [0, 0.1) is 0 Å². The standard InChI is InChI=1S/C22H13Cl4N5O5/c23-13-3-1-10(5-14(13)24)28-21(34)29-17-8-12(2-4-18(17)32)36-20-15(25)6-11(7-16(20)26)31-22(35)30-19(33)9-27-31/h1-9,32H,(H2,28,29,34)(H,30,33,35). The average molecular weight is 569 g/mol. The third-order valence-corrected chi connectivity index (χ3v) is 5.85. The van der Waals surface area contributed by atoms with Crippen LogP contribution in [0.25, 0.3) is 5.69 Å². The van der Waals surface area contributed by atoms with E-state index in [9.17, 15) is 19.5 Å². The quantitative estimate of drug-likeness (QED) is 0.229. The predicted octanol–water partition coefficient (Wildman–Crippen LogP) is 5.68. The molecule has 0 atom stereocenters. The highest BCUT2D eigenvalue weighted by Gasteiger charge is 2.15.